The summed E-state index contributed by atoms with van der Waals surface area (Å²) in [6, 6.07) is 0. The molecule has 12 heavy (non-hydrogen) atoms. The molecule has 0 aliphatic rings. The summed E-state index contributed by atoms with van der Waals surface area (Å²) in [5.74, 6) is -3.55. The van der Waals surface area contributed by atoms with Crippen LogP contribution in [0, 0.1) is 0 Å². The Bertz CT molecular complexity index is 271. The zero-order valence-corrected chi connectivity index (χ0v) is 7.34. The second-order valence-electron chi connectivity index (χ2n) is 1.91. The number of rotatable bonds is 3. The number of halogens is 1. The lowest BCUT2D eigenvalue weighted by atomic mass is 10.5. The maximum atomic E-state index is 12.5. The second-order valence-corrected chi connectivity index (χ2v) is 3.98. The minimum atomic E-state index is -4.25. The van der Waals surface area contributed by atoms with Crippen LogP contribution < -0.4 is 0 Å². The number of hydrogen-bond donors (Lipinski definition) is 2. The third-order valence-electron chi connectivity index (χ3n) is 1.18. The van der Waals surface area contributed by atoms with Gasteiger partial charge >= 0.3 is 13.6 Å². The van der Waals surface area contributed by atoms with Crippen LogP contribution in [0.4, 0.5) is 4.39 Å². The van der Waals surface area contributed by atoms with E-state index in [4.69, 9.17) is 10.00 Å². The average molecular weight is 198 g/mol. The lowest BCUT2D eigenvalue weighted by Gasteiger charge is -2.08. The van der Waals surface area contributed by atoms with E-state index in [2.05, 4.69) is 4.52 Å². The van der Waals surface area contributed by atoms with E-state index < -0.39 is 24.7 Å². The predicted octanol–water partition coefficient (Wildman–Crippen LogP) is 1.10. The first kappa shape index (κ1) is 11.3. The molecule has 1 atom stereocenters. The Hall–Kier alpha value is -0.710. The highest BCUT2D eigenvalue weighted by molar-refractivity contribution is 7.57. The van der Waals surface area contributed by atoms with E-state index in [1.165, 1.54) is 0 Å². The van der Waals surface area contributed by atoms with Gasteiger partial charge in [0.15, 0.2) is 0 Å². The molecule has 0 aliphatic carbocycles. The molecular weight excluding hydrogens is 190 g/mol. The van der Waals surface area contributed by atoms with Gasteiger partial charge in [0.05, 0.1) is 5.31 Å². The molecule has 0 aromatic rings. The summed E-state index contributed by atoms with van der Waals surface area (Å²) in [6.07, 6.45) is 0. The van der Waals surface area contributed by atoms with Gasteiger partial charge in [0.2, 0.25) is 5.83 Å². The Balaban J connectivity index is 5.04. The number of carboxylic acid groups (broad SMARTS) is 1. The third kappa shape index (κ3) is 2.41. The van der Waals surface area contributed by atoms with Crippen molar-refractivity contribution < 1.29 is 28.3 Å². The molecule has 2 N–H and O–H groups in total. The fourth-order valence-electron chi connectivity index (χ4n) is 0.416. The van der Waals surface area contributed by atoms with Crippen LogP contribution in [0.25, 0.3) is 0 Å². The van der Waals surface area contributed by atoms with Crippen LogP contribution in [-0.2, 0) is 13.9 Å². The van der Waals surface area contributed by atoms with Gasteiger partial charge in [-0.3, -0.25) is 4.57 Å². The maximum absolute atomic E-state index is 12.5. The minimum absolute atomic E-state index is 0.808. The van der Waals surface area contributed by atoms with Crippen molar-refractivity contribution in [3.8, 4) is 0 Å². The van der Waals surface area contributed by atoms with Crippen molar-refractivity contribution in [3.05, 3.63) is 11.1 Å². The van der Waals surface area contributed by atoms with E-state index in [1.807, 2.05) is 0 Å². The van der Waals surface area contributed by atoms with Crippen molar-refractivity contribution >= 4 is 13.6 Å². The molecule has 0 radical (unpaired) electrons. The van der Waals surface area contributed by atoms with Gasteiger partial charge in [-0.2, -0.15) is 4.39 Å². The number of carbonyl (C=O) groups is 1. The zero-order chi connectivity index (χ0) is 9.94. The van der Waals surface area contributed by atoms with Crippen molar-refractivity contribution in [1.29, 1.82) is 0 Å². The average Bonchev–Trinajstić information content (AvgIpc) is 2.01. The molecule has 0 amide bonds. The van der Waals surface area contributed by atoms with E-state index in [9.17, 15) is 13.8 Å². The van der Waals surface area contributed by atoms with E-state index >= 15 is 0 Å². The molecule has 0 bridgehead atoms. The quantitative estimate of drug-likeness (QED) is 0.524. The van der Waals surface area contributed by atoms with Crippen LogP contribution in [0.2, 0.25) is 0 Å². The van der Waals surface area contributed by atoms with Gasteiger partial charge in [0.25, 0.3) is 0 Å². The van der Waals surface area contributed by atoms with Crippen LogP contribution in [0.1, 0.15) is 6.92 Å². The van der Waals surface area contributed by atoms with Crippen LogP contribution >= 0.6 is 7.60 Å². The first-order chi connectivity index (χ1) is 5.33. The number of carboxylic acids is 1. The third-order valence-corrected chi connectivity index (χ3v) is 2.72. The minimum Gasteiger partial charge on any atom is -0.476 e. The summed E-state index contributed by atoms with van der Waals surface area (Å²) >= 11 is 0. The van der Waals surface area contributed by atoms with Crippen molar-refractivity contribution in [2.45, 2.75) is 6.92 Å². The summed E-state index contributed by atoms with van der Waals surface area (Å²) in [5.41, 5.74) is 0. The molecule has 1 unspecified atom stereocenters. The molecular formula is C5H8FO5P. The maximum Gasteiger partial charge on any atom is 0.365 e. The number of aliphatic carboxylic acids is 1. The van der Waals surface area contributed by atoms with Crippen LogP contribution in [0.15, 0.2) is 11.1 Å². The van der Waals surface area contributed by atoms with E-state index in [1.54, 1.807) is 0 Å². The van der Waals surface area contributed by atoms with E-state index in [0.29, 0.717) is 0 Å². The first-order valence-corrected chi connectivity index (χ1v) is 4.39. The van der Waals surface area contributed by atoms with Crippen LogP contribution in [0.5, 0.6) is 0 Å². The van der Waals surface area contributed by atoms with Gasteiger partial charge in [0, 0.05) is 7.11 Å². The highest BCUT2D eigenvalue weighted by Gasteiger charge is 2.27. The van der Waals surface area contributed by atoms with Crippen molar-refractivity contribution in [1.82, 2.24) is 0 Å². The van der Waals surface area contributed by atoms with E-state index in [0.717, 1.165) is 14.0 Å². The van der Waals surface area contributed by atoms with Gasteiger partial charge in [-0.25, -0.2) is 4.79 Å². The monoisotopic (exact) mass is 198 g/mol. The largest absolute Gasteiger partial charge is 0.476 e. The van der Waals surface area contributed by atoms with Crippen molar-refractivity contribution in [2.24, 2.45) is 0 Å². The zero-order valence-electron chi connectivity index (χ0n) is 6.44. The molecule has 0 aromatic heterocycles. The molecule has 7 heteroatoms. The molecule has 0 spiro atoms. The molecule has 0 rings (SSSR count). The van der Waals surface area contributed by atoms with Crippen molar-refractivity contribution in [3.63, 3.8) is 0 Å². The molecule has 70 valence electrons. The molecule has 0 aliphatic heterocycles. The molecule has 0 aromatic carbocycles. The molecule has 5 nitrogen and oxygen atoms in total. The molecule has 0 saturated carbocycles. The smallest absolute Gasteiger partial charge is 0.365 e. The highest BCUT2D eigenvalue weighted by atomic mass is 31.2. The summed E-state index contributed by atoms with van der Waals surface area (Å²) in [6.45, 7) is 0.883. The summed E-state index contributed by atoms with van der Waals surface area (Å²) in [5, 5.41) is 7.28. The lowest BCUT2D eigenvalue weighted by molar-refractivity contribution is -0.134. The fourth-order valence-corrected chi connectivity index (χ4v) is 1.03. The lowest BCUT2D eigenvalue weighted by Crippen LogP contribution is -1.99. The Morgan fingerprint density at radius 2 is 2.00 bits per heavy atom. The van der Waals surface area contributed by atoms with Gasteiger partial charge in [-0.15, -0.1) is 0 Å². The van der Waals surface area contributed by atoms with Crippen LogP contribution in [0.3, 0.4) is 0 Å². The standard InChI is InChI=1S/C5H8FO5P/c1-3(4(6)5(7)8)12(9,10)11-2/h1-2H3,(H,7,8)(H,9,10). The molecule has 0 fully saturated rings. The van der Waals surface area contributed by atoms with Gasteiger partial charge in [0.1, 0.15) is 0 Å². The summed E-state index contributed by atoms with van der Waals surface area (Å²) < 4.78 is 27.3. The number of allylic oxidation sites excluding steroid dienone is 1. The first-order valence-electron chi connectivity index (χ1n) is 2.81. The Labute approximate surface area is 68.0 Å². The van der Waals surface area contributed by atoms with Gasteiger partial charge in [-0.05, 0) is 6.92 Å². The topological polar surface area (TPSA) is 83.8 Å². The predicted molar refractivity (Wildman–Crippen MR) is 38.3 cm³/mol. The van der Waals surface area contributed by atoms with Crippen molar-refractivity contribution in [2.75, 3.05) is 7.11 Å². The summed E-state index contributed by atoms with van der Waals surface area (Å²) in [7, 11) is -3.36. The second kappa shape index (κ2) is 3.80. The Kier molecular flexibility index (Phi) is 3.57. The normalized spacial score (nSPS) is 18.0. The van der Waals surface area contributed by atoms with Gasteiger partial charge < -0.3 is 14.5 Å². The van der Waals surface area contributed by atoms with Gasteiger partial charge in [-0.1, -0.05) is 0 Å². The Morgan fingerprint density at radius 3 is 2.25 bits per heavy atom. The fraction of sp³-hybridized carbons (Fsp3) is 0.400. The summed E-state index contributed by atoms with van der Waals surface area (Å²) in [4.78, 5) is 18.8. The van der Waals surface area contributed by atoms with Crippen LogP contribution in [-0.4, -0.2) is 23.1 Å². The number of hydrogen-bond acceptors (Lipinski definition) is 3. The molecule has 0 saturated heterocycles. The molecule has 0 heterocycles. The Morgan fingerprint density at radius 1 is 1.58 bits per heavy atom. The van der Waals surface area contributed by atoms with E-state index in [-0.39, 0.29) is 0 Å². The SMILES string of the molecule is COP(=O)(O)C(C)=C(F)C(=O)O. The highest BCUT2D eigenvalue weighted by Crippen LogP contribution is 2.51.